The van der Waals surface area contributed by atoms with Crippen LogP contribution >= 0.6 is 15.9 Å². The predicted octanol–water partition coefficient (Wildman–Crippen LogP) is 1.88. The normalized spacial score (nSPS) is 26.5. The summed E-state index contributed by atoms with van der Waals surface area (Å²) in [6.45, 7) is 0. The second-order valence-electron chi connectivity index (χ2n) is 4.03. The fourth-order valence-corrected chi connectivity index (χ4v) is 2.18. The highest BCUT2D eigenvalue weighted by Crippen LogP contribution is 2.34. The Morgan fingerprint density at radius 3 is 2.83 bits per heavy atom. The summed E-state index contributed by atoms with van der Waals surface area (Å²) in [7, 11) is 1.49. The fourth-order valence-electron chi connectivity index (χ4n) is 1.84. The molecule has 0 spiro atoms. The zero-order valence-corrected chi connectivity index (χ0v) is 11.2. The Balaban J connectivity index is 2.14. The van der Waals surface area contributed by atoms with Crippen molar-refractivity contribution in [1.29, 1.82) is 0 Å². The zero-order chi connectivity index (χ0) is 13.3. The molecule has 1 aromatic carbocycles. The van der Waals surface area contributed by atoms with Gasteiger partial charge in [0, 0.05) is 19.6 Å². The van der Waals surface area contributed by atoms with Crippen LogP contribution in [-0.4, -0.2) is 35.5 Å². The van der Waals surface area contributed by atoms with Gasteiger partial charge in [-0.15, -0.1) is 0 Å². The number of nitro benzene ring substituents is 1. The summed E-state index contributed by atoms with van der Waals surface area (Å²) in [5.74, 6) is 0.378. The Labute approximate surface area is 112 Å². The molecule has 1 aliphatic carbocycles. The quantitative estimate of drug-likeness (QED) is 0.677. The Hall–Kier alpha value is -1.18. The minimum Gasteiger partial charge on any atom is -0.486 e. The summed E-state index contributed by atoms with van der Waals surface area (Å²) in [4.78, 5) is 10.2. The molecular formula is C11H12BrNO5. The highest BCUT2D eigenvalue weighted by Gasteiger charge is 2.42. The molecule has 0 heterocycles. The van der Waals surface area contributed by atoms with Crippen LogP contribution in [0.2, 0.25) is 0 Å². The van der Waals surface area contributed by atoms with E-state index in [4.69, 9.17) is 9.47 Å². The zero-order valence-electron chi connectivity index (χ0n) is 9.58. The molecule has 0 aromatic heterocycles. The lowest BCUT2D eigenvalue weighted by Gasteiger charge is -2.40. The molecule has 0 saturated heterocycles. The van der Waals surface area contributed by atoms with Gasteiger partial charge < -0.3 is 14.6 Å². The van der Waals surface area contributed by atoms with Crippen LogP contribution in [0.3, 0.4) is 0 Å². The molecule has 2 rings (SSSR count). The number of nitro groups is 1. The molecule has 0 amide bonds. The minimum atomic E-state index is -0.544. The van der Waals surface area contributed by atoms with E-state index in [1.807, 2.05) is 0 Å². The maximum absolute atomic E-state index is 10.7. The van der Waals surface area contributed by atoms with Gasteiger partial charge >= 0.3 is 0 Å². The molecule has 3 unspecified atom stereocenters. The van der Waals surface area contributed by atoms with E-state index < -0.39 is 17.1 Å². The van der Waals surface area contributed by atoms with Crippen molar-refractivity contribution >= 4 is 21.6 Å². The lowest BCUT2D eigenvalue weighted by molar-refractivity contribution is -0.385. The van der Waals surface area contributed by atoms with Crippen molar-refractivity contribution in [3.8, 4) is 5.75 Å². The van der Waals surface area contributed by atoms with Gasteiger partial charge in [0.2, 0.25) is 0 Å². The van der Waals surface area contributed by atoms with Crippen LogP contribution in [0.15, 0.2) is 22.7 Å². The van der Waals surface area contributed by atoms with Gasteiger partial charge in [0.1, 0.15) is 18.0 Å². The van der Waals surface area contributed by atoms with Crippen molar-refractivity contribution in [3.05, 3.63) is 32.8 Å². The van der Waals surface area contributed by atoms with Crippen LogP contribution in [-0.2, 0) is 4.74 Å². The fraction of sp³-hybridized carbons (Fsp3) is 0.455. The van der Waals surface area contributed by atoms with Gasteiger partial charge in [-0.2, -0.15) is 0 Å². The smallest absolute Gasteiger partial charge is 0.273 e. The van der Waals surface area contributed by atoms with Crippen LogP contribution in [0.25, 0.3) is 0 Å². The third-order valence-electron chi connectivity index (χ3n) is 2.90. The molecule has 18 heavy (non-hydrogen) atoms. The molecule has 0 aliphatic heterocycles. The van der Waals surface area contributed by atoms with E-state index in [2.05, 4.69) is 15.9 Å². The molecule has 7 heteroatoms. The van der Waals surface area contributed by atoms with Crippen LogP contribution in [0.1, 0.15) is 6.42 Å². The summed E-state index contributed by atoms with van der Waals surface area (Å²) in [6.07, 6.45) is -0.773. The van der Waals surface area contributed by atoms with E-state index in [1.54, 1.807) is 6.07 Å². The molecule has 0 radical (unpaired) electrons. The van der Waals surface area contributed by atoms with Crippen molar-refractivity contribution < 1.29 is 19.5 Å². The van der Waals surface area contributed by atoms with E-state index in [0.717, 1.165) is 0 Å². The molecule has 1 aliphatic rings. The first-order valence-corrected chi connectivity index (χ1v) is 6.13. The number of non-ortho nitro benzene ring substituents is 1. The largest absolute Gasteiger partial charge is 0.486 e. The molecule has 1 aromatic rings. The highest BCUT2D eigenvalue weighted by molar-refractivity contribution is 9.10. The standard InChI is InChI=1S/C11H12BrNO5/c1-17-11-8(14)5-10(11)18-9-4-6(13(15)16)2-3-7(9)12/h2-4,8,10-11,14H,5H2,1H3. The van der Waals surface area contributed by atoms with Crippen molar-refractivity contribution in [1.82, 2.24) is 0 Å². The number of ether oxygens (including phenoxy) is 2. The molecule has 1 fully saturated rings. The van der Waals surface area contributed by atoms with Gasteiger partial charge in [0.05, 0.1) is 21.6 Å². The number of methoxy groups -OCH3 is 1. The molecule has 0 bridgehead atoms. The first-order valence-electron chi connectivity index (χ1n) is 5.34. The number of aliphatic hydroxyl groups excluding tert-OH is 1. The number of benzene rings is 1. The van der Waals surface area contributed by atoms with Gasteiger partial charge in [-0.3, -0.25) is 10.1 Å². The number of nitrogens with zero attached hydrogens (tertiary/aromatic N) is 1. The Morgan fingerprint density at radius 1 is 1.56 bits per heavy atom. The van der Waals surface area contributed by atoms with E-state index in [0.29, 0.717) is 16.6 Å². The third kappa shape index (κ3) is 2.47. The maximum atomic E-state index is 10.7. The Kier molecular flexibility index (Phi) is 3.84. The summed E-state index contributed by atoms with van der Waals surface area (Å²) >= 11 is 3.27. The monoisotopic (exact) mass is 317 g/mol. The minimum absolute atomic E-state index is 0.0398. The van der Waals surface area contributed by atoms with Gasteiger partial charge in [-0.05, 0) is 22.0 Å². The van der Waals surface area contributed by atoms with Gasteiger partial charge in [-0.25, -0.2) is 0 Å². The average Bonchev–Trinajstić information content (AvgIpc) is 2.31. The Morgan fingerprint density at radius 2 is 2.28 bits per heavy atom. The predicted molar refractivity (Wildman–Crippen MR) is 66.6 cm³/mol. The molecule has 3 atom stereocenters. The molecule has 1 saturated carbocycles. The van der Waals surface area contributed by atoms with Crippen molar-refractivity contribution in [2.75, 3.05) is 7.11 Å². The average molecular weight is 318 g/mol. The summed E-state index contributed by atoms with van der Waals surface area (Å²) in [5, 5.41) is 20.1. The number of aliphatic hydroxyl groups is 1. The van der Waals surface area contributed by atoms with Gasteiger partial charge in [-0.1, -0.05) is 0 Å². The second kappa shape index (κ2) is 5.21. The van der Waals surface area contributed by atoms with Crippen LogP contribution < -0.4 is 4.74 Å². The highest BCUT2D eigenvalue weighted by atomic mass is 79.9. The third-order valence-corrected chi connectivity index (χ3v) is 3.55. The second-order valence-corrected chi connectivity index (χ2v) is 4.89. The summed E-state index contributed by atoms with van der Waals surface area (Å²) in [5.41, 5.74) is -0.0398. The first-order chi connectivity index (χ1) is 8.52. The van der Waals surface area contributed by atoms with E-state index >= 15 is 0 Å². The lowest BCUT2D eigenvalue weighted by Crippen LogP contribution is -2.54. The van der Waals surface area contributed by atoms with Crippen LogP contribution in [0.4, 0.5) is 5.69 Å². The molecule has 98 valence electrons. The van der Waals surface area contributed by atoms with Crippen LogP contribution in [0.5, 0.6) is 5.75 Å². The number of hydrogen-bond acceptors (Lipinski definition) is 5. The summed E-state index contributed by atoms with van der Waals surface area (Å²) in [6, 6.07) is 4.30. The summed E-state index contributed by atoms with van der Waals surface area (Å²) < 4.78 is 11.3. The maximum Gasteiger partial charge on any atom is 0.273 e. The first kappa shape index (κ1) is 13.3. The van der Waals surface area contributed by atoms with E-state index in [-0.39, 0.29) is 11.8 Å². The van der Waals surface area contributed by atoms with E-state index in [9.17, 15) is 15.2 Å². The Bertz CT molecular complexity index is 467. The van der Waals surface area contributed by atoms with Gasteiger partial charge in [0.15, 0.2) is 0 Å². The van der Waals surface area contributed by atoms with Crippen molar-refractivity contribution in [2.45, 2.75) is 24.7 Å². The SMILES string of the molecule is COC1C(O)CC1Oc1cc([N+](=O)[O-])ccc1Br. The number of halogens is 1. The number of rotatable bonds is 4. The van der Waals surface area contributed by atoms with E-state index in [1.165, 1.54) is 19.2 Å². The van der Waals surface area contributed by atoms with Crippen molar-refractivity contribution in [2.24, 2.45) is 0 Å². The molecule has 6 nitrogen and oxygen atoms in total. The van der Waals surface area contributed by atoms with Crippen LogP contribution in [0, 0.1) is 10.1 Å². The molecular weight excluding hydrogens is 306 g/mol. The number of hydrogen-bond donors (Lipinski definition) is 1. The molecule has 1 N–H and O–H groups in total. The lowest BCUT2D eigenvalue weighted by atomic mass is 9.88. The van der Waals surface area contributed by atoms with Gasteiger partial charge in [0.25, 0.3) is 5.69 Å². The topological polar surface area (TPSA) is 81.8 Å². The van der Waals surface area contributed by atoms with Crippen molar-refractivity contribution in [3.63, 3.8) is 0 Å².